The number of amides is 1. The largest absolute Gasteiger partial charge is 0.448 e. The van der Waals surface area contributed by atoms with Crippen molar-refractivity contribution >= 4 is 16.9 Å². The summed E-state index contributed by atoms with van der Waals surface area (Å²) in [5.74, 6) is 7.39. The minimum absolute atomic E-state index is 0.0383. The van der Waals surface area contributed by atoms with Crippen LogP contribution in [0.3, 0.4) is 0 Å². The quantitative estimate of drug-likeness (QED) is 0.161. The van der Waals surface area contributed by atoms with E-state index in [0.717, 1.165) is 33.5 Å². The molecule has 0 atom stereocenters. The third-order valence-corrected chi connectivity index (χ3v) is 6.54. The first-order valence-corrected chi connectivity index (χ1v) is 13.6. The maximum Gasteiger partial charge on any atom is 0.273 e. The van der Waals surface area contributed by atoms with Crippen molar-refractivity contribution in [3.05, 3.63) is 120 Å². The van der Waals surface area contributed by atoms with Gasteiger partial charge < -0.3 is 24.5 Å². The summed E-state index contributed by atoms with van der Waals surface area (Å²) in [5.41, 5.74) is 4.62. The Morgan fingerprint density at radius 3 is 2.74 bits per heavy atom. The lowest BCUT2D eigenvalue weighted by atomic mass is 10.1. The number of aromatic nitrogens is 5. The van der Waals surface area contributed by atoms with Gasteiger partial charge in [0, 0.05) is 43.3 Å². The van der Waals surface area contributed by atoms with Crippen LogP contribution in [0.15, 0.2) is 88.4 Å². The zero-order valence-electron chi connectivity index (χ0n) is 22.9. The molecule has 4 heterocycles. The van der Waals surface area contributed by atoms with Gasteiger partial charge in [0.05, 0.1) is 35.0 Å². The third kappa shape index (κ3) is 6.83. The van der Waals surface area contributed by atoms with Crippen LogP contribution in [0, 0.1) is 17.7 Å². The molecule has 1 amide bonds. The van der Waals surface area contributed by atoms with Gasteiger partial charge >= 0.3 is 0 Å². The molecule has 0 fully saturated rings. The minimum atomic E-state index is -0.479. The van der Waals surface area contributed by atoms with E-state index in [0.29, 0.717) is 37.7 Å². The highest BCUT2D eigenvalue weighted by Gasteiger charge is 2.13. The summed E-state index contributed by atoms with van der Waals surface area (Å²) < 4.78 is 24.5. The van der Waals surface area contributed by atoms with Crippen LogP contribution in [0.4, 0.5) is 4.39 Å². The van der Waals surface area contributed by atoms with Crippen molar-refractivity contribution in [3.63, 3.8) is 0 Å². The van der Waals surface area contributed by atoms with E-state index in [-0.39, 0.29) is 17.9 Å². The fourth-order valence-electron chi connectivity index (χ4n) is 4.40. The zero-order valence-corrected chi connectivity index (χ0v) is 22.9. The Morgan fingerprint density at radius 1 is 0.953 bits per heavy atom. The molecule has 6 rings (SSSR count). The van der Waals surface area contributed by atoms with Gasteiger partial charge in [0.15, 0.2) is 11.6 Å². The van der Waals surface area contributed by atoms with Crippen molar-refractivity contribution in [2.24, 2.45) is 0 Å². The molecule has 43 heavy (non-hydrogen) atoms. The summed E-state index contributed by atoms with van der Waals surface area (Å²) in [6.07, 6.45) is 7.11. The Labute approximate surface area is 245 Å². The maximum atomic E-state index is 13.7. The Hall–Kier alpha value is -5.60. The Balaban J connectivity index is 0.992. The number of halogens is 1. The van der Waals surface area contributed by atoms with Crippen molar-refractivity contribution in [2.75, 3.05) is 13.1 Å². The molecular weight excluding hydrogens is 549 g/mol. The molecule has 0 unspecified atom stereocenters. The first-order chi connectivity index (χ1) is 21.1. The molecule has 0 saturated carbocycles. The van der Waals surface area contributed by atoms with Crippen LogP contribution in [-0.4, -0.2) is 43.9 Å². The standard InChI is InChI=1S/C32H26FN7O3/c33-24-7-3-13-35-26(24)19-37-31(41)27-20-43-29(39-27)12-15-34-14-11-28-38-25-8-2-5-22(30(25)40-28)10-9-21-4-1-6-23(18-21)32-36-16-17-42-32/h1-8,13,16-18,20,34H,11-12,14-15,19H2,(H,37,41)(H,38,40). The lowest BCUT2D eigenvalue weighted by Gasteiger charge is -2.03. The molecule has 0 saturated heterocycles. The summed E-state index contributed by atoms with van der Waals surface area (Å²) in [6.45, 7) is 1.24. The number of aromatic amines is 1. The second kappa shape index (κ2) is 12.9. The average molecular weight is 576 g/mol. The molecule has 10 nitrogen and oxygen atoms in total. The third-order valence-electron chi connectivity index (χ3n) is 6.54. The summed E-state index contributed by atoms with van der Waals surface area (Å²) in [7, 11) is 0. The maximum absolute atomic E-state index is 13.7. The van der Waals surface area contributed by atoms with Crippen molar-refractivity contribution in [1.29, 1.82) is 0 Å². The van der Waals surface area contributed by atoms with Crippen LogP contribution >= 0.6 is 0 Å². The number of benzene rings is 2. The normalized spacial score (nSPS) is 10.9. The van der Waals surface area contributed by atoms with E-state index in [1.54, 1.807) is 12.5 Å². The first kappa shape index (κ1) is 27.6. The fourth-order valence-corrected chi connectivity index (χ4v) is 4.40. The smallest absolute Gasteiger partial charge is 0.273 e. The Bertz CT molecular complexity index is 1920. The van der Waals surface area contributed by atoms with Gasteiger partial charge in [-0.2, -0.15) is 0 Å². The van der Waals surface area contributed by atoms with E-state index in [9.17, 15) is 9.18 Å². The number of rotatable bonds is 10. The second-order valence-corrected chi connectivity index (χ2v) is 9.54. The molecular formula is C32H26FN7O3. The monoisotopic (exact) mass is 575 g/mol. The SMILES string of the molecule is O=C(NCc1ncccc1F)c1coc(CCNCCc2nc3cccc(C#Cc4cccc(-c5ncco5)c4)c3[nH]2)n1. The first-order valence-electron chi connectivity index (χ1n) is 13.6. The lowest BCUT2D eigenvalue weighted by molar-refractivity contribution is 0.0945. The molecule has 3 N–H and O–H groups in total. The van der Waals surface area contributed by atoms with Crippen LogP contribution in [0.1, 0.15) is 39.0 Å². The van der Waals surface area contributed by atoms with Crippen LogP contribution < -0.4 is 10.6 Å². The summed E-state index contributed by atoms with van der Waals surface area (Å²) in [4.78, 5) is 32.8. The van der Waals surface area contributed by atoms with Gasteiger partial charge in [-0.1, -0.05) is 24.0 Å². The highest BCUT2D eigenvalue weighted by atomic mass is 19.1. The summed E-state index contributed by atoms with van der Waals surface area (Å²) in [5, 5.41) is 5.94. The van der Waals surface area contributed by atoms with E-state index in [1.807, 2.05) is 42.5 Å². The molecule has 2 aromatic carbocycles. The number of imidazole rings is 1. The number of nitrogens with one attached hydrogen (secondary N) is 3. The van der Waals surface area contributed by atoms with E-state index in [2.05, 4.69) is 42.4 Å². The molecule has 0 bridgehead atoms. The number of pyridine rings is 1. The molecule has 0 aliphatic rings. The number of fused-ring (bicyclic) bond motifs is 1. The van der Waals surface area contributed by atoms with Crippen LogP contribution in [0.5, 0.6) is 0 Å². The zero-order chi connectivity index (χ0) is 29.4. The minimum Gasteiger partial charge on any atom is -0.448 e. The summed E-state index contributed by atoms with van der Waals surface area (Å²) >= 11 is 0. The van der Waals surface area contributed by atoms with Gasteiger partial charge in [0.1, 0.15) is 24.2 Å². The number of carbonyl (C=O) groups is 1. The van der Waals surface area contributed by atoms with E-state index < -0.39 is 11.7 Å². The number of para-hydroxylation sites is 1. The Morgan fingerprint density at radius 2 is 1.86 bits per heavy atom. The van der Waals surface area contributed by atoms with Gasteiger partial charge in [-0.3, -0.25) is 9.78 Å². The van der Waals surface area contributed by atoms with E-state index >= 15 is 0 Å². The predicted octanol–water partition coefficient (Wildman–Crippen LogP) is 4.44. The van der Waals surface area contributed by atoms with Gasteiger partial charge in [-0.15, -0.1) is 0 Å². The van der Waals surface area contributed by atoms with Crippen molar-refractivity contribution in [3.8, 4) is 23.3 Å². The summed E-state index contributed by atoms with van der Waals surface area (Å²) in [6, 6.07) is 16.4. The molecule has 11 heteroatoms. The number of hydrogen-bond acceptors (Lipinski definition) is 8. The van der Waals surface area contributed by atoms with Gasteiger partial charge in [-0.05, 0) is 42.5 Å². The molecule has 0 radical (unpaired) electrons. The van der Waals surface area contributed by atoms with Crippen molar-refractivity contribution in [2.45, 2.75) is 19.4 Å². The Kier molecular flexibility index (Phi) is 8.29. The average Bonchev–Trinajstić information content (AvgIpc) is 3.81. The molecule has 214 valence electrons. The van der Waals surface area contributed by atoms with Crippen molar-refractivity contribution < 1.29 is 18.0 Å². The van der Waals surface area contributed by atoms with Gasteiger partial charge in [0.25, 0.3) is 5.91 Å². The molecule has 0 aliphatic carbocycles. The van der Waals surface area contributed by atoms with Gasteiger partial charge in [-0.25, -0.2) is 19.3 Å². The molecule has 4 aromatic heterocycles. The molecule has 0 aliphatic heterocycles. The van der Waals surface area contributed by atoms with Crippen LogP contribution in [0.25, 0.3) is 22.5 Å². The lowest BCUT2D eigenvalue weighted by Crippen LogP contribution is -2.24. The van der Waals surface area contributed by atoms with E-state index in [1.165, 1.54) is 24.6 Å². The number of H-pyrrole nitrogens is 1. The topological polar surface area (TPSA) is 135 Å². The fraction of sp³-hybridized carbons (Fsp3) is 0.156. The highest BCUT2D eigenvalue weighted by molar-refractivity contribution is 5.91. The van der Waals surface area contributed by atoms with E-state index in [4.69, 9.17) is 13.8 Å². The highest BCUT2D eigenvalue weighted by Crippen LogP contribution is 2.19. The van der Waals surface area contributed by atoms with Crippen LogP contribution in [-0.2, 0) is 19.4 Å². The van der Waals surface area contributed by atoms with Crippen molar-refractivity contribution in [1.82, 2.24) is 35.6 Å². The number of hydrogen-bond donors (Lipinski definition) is 3. The van der Waals surface area contributed by atoms with Crippen LogP contribution in [0.2, 0.25) is 0 Å². The number of nitrogens with zero attached hydrogens (tertiary/aromatic N) is 4. The predicted molar refractivity (Wildman–Crippen MR) is 156 cm³/mol. The second-order valence-electron chi connectivity index (χ2n) is 9.54. The number of oxazole rings is 2. The number of carbonyl (C=O) groups excluding carboxylic acids is 1. The molecule has 6 aromatic rings. The molecule has 0 spiro atoms. The van der Waals surface area contributed by atoms with Gasteiger partial charge in [0.2, 0.25) is 5.89 Å².